The van der Waals surface area contributed by atoms with E-state index in [4.69, 9.17) is 26.8 Å². The van der Waals surface area contributed by atoms with Gasteiger partial charge in [0, 0.05) is 5.88 Å². The number of hydrogen-bond acceptors (Lipinski definition) is 3. The molecular weight excluding hydrogens is 214 g/mol. The van der Waals surface area contributed by atoms with E-state index in [0.717, 1.165) is 23.3 Å². The maximum absolute atomic E-state index is 5.86. The molecule has 4 heteroatoms. The molecule has 0 saturated carbocycles. The van der Waals surface area contributed by atoms with E-state index in [-0.39, 0.29) is 0 Å². The second kappa shape index (κ2) is 5.83. The summed E-state index contributed by atoms with van der Waals surface area (Å²) in [5.74, 6) is 1.87. The van der Waals surface area contributed by atoms with Crippen LogP contribution >= 0.6 is 11.6 Å². The van der Waals surface area contributed by atoms with Crippen LogP contribution in [0.15, 0.2) is 12.1 Å². The van der Waals surface area contributed by atoms with Crippen LogP contribution in [0.25, 0.3) is 0 Å². The molecule has 0 fully saturated rings. The third kappa shape index (κ3) is 2.76. The number of hydrogen-bond donors (Lipinski definition) is 1. The maximum Gasteiger partial charge on any atom is 0.161 e. The topological polar surface area (TPSA) is 44.5 Å². The molecule has 0 saturated heterocycles. The van der Waals surface area contributed by atoms with Crippen molar-refractivity contribution in [2.45, 2.75) is 12.3 Å². The highest BCUT2D eigenvalue weighted by Crippen LogP contribution is 2.31. The van der Waals surface area contributed by atoms with E-state index in [1.165, 1.54) is 0 Å². The molecular formula is C11H16ClNO2. The van der Waals surface area contributed by atoms with Crippen LogP contribution in [0.3, 0.4) is 0 Å². The molecule has 0 spiro atoms. The molecule has 84 valence electrons. The number of halogens is 1. The molecule has 0 atom stereocenters. The van der Waals surface area contributed by atoms with Crippen molar-refractivity contribution in [3.63, 3.8) is 0 Å². The molecule has 0 aromatic heterocycles. The van der Waals surface area contributed by atoms with Gasteiger partial charge in [0.15, 0.2) is 11.5 Å². The van der Waals surface area contributed by atoms with Gasteiger partial charge in [0.2, 0.25) is 0 Å². The smallest absolute Gasteiger partial charge is 0.161 e. The molecule has 15 heavy (non-hydrogen) atoms. The third-order valence-corrected chi connectivity index (χ3v) is 2.55. The first-order valence-corrected chi connectivity index (χ1v) is 5.30. The molecule has 0 heterocycles. The molecule has 2 N–H and O–H groups in total. The summed E-state index contributed by atoms with van der Waals surface area (Å²) in [6, 6.07) is 3.83. The Morgan fingerprint density at radius 2 is 1.67 bits per heavy atom. The summed E-state index contributed by atoms with van der Waals surface area (Å²) in [4.78, 5) is 0. The van der Waals surface area contributed by atoms with Crippen LogP contribution in [0.5, 0.6) is 11.5 Å². The van der Waals surface area contributed by atoms with E-state index < -0.39 is 0 Å². The summed E-state index contributed by atoms with van der Waals surface area (Å²) in [6.45, 7) is 0.597. The fraction of sp³-hybridized carbons (Fsp3) is 0.455. The van der Waals surface area contributed by atoms with Crippen molar-refractivity contribution in [1.82, 2.24) is 0 Å². The van der Waals surface area contributed by atoms with Gasteiger partial charge in [0.25, 0.3) is 0 Å². The molecule has 3 nitrogen and oxygen atoms in total. The van der Waals surface area contributed by atoms with E-state index in [1.807, 2.05) is 12.1 Å². The molecule has 0 unspecified atom stereocenters. The van der Waals surface area contributed by atoms with Gasteiger partial charge >= 0.3 is 0 Å². The zero-order chi connectivity index (χ0) is 11.3. The Morgan fingerprint density at radius 3 is 2.07 bits per heavy atom. The molecule has 0 radical (unpaired) electrons. The average Bonchev–Trinajstić information content (AvgIpc) is 2.28. The van der Waals surface area contributed by atoms with E-state index >= 15 is 0 Å². The average molecular weight is 230 g/mol. The lowest BCUT2D eigenvalue weighted by Crippen LogP contribution is -2.05. The quantitative estimate of drug-likeness (QED) is 0.785. The van der Waals surface area contributed by atoms with E-state index in [2.05, 4.69) is 0 Å². The Labute approximate surface area is 95.1 Å². The molecule has 0 aliphatic heterocycles. The van der Waals surface area contributed by atoms with Gasteiger partial charge in [0.05, 0.1) is 14.2 Å². The summed E-state index contributed by atoms with van der Waals surface area (Å²) < 4.78 is 10.4. The van der Waals surface area contributed by atoms with Crippen LogP contribution < -0.4 is 15.2 Å². The van der Waals surface area contributed by atoms with E-state index in [1.54, 1.807) is 14.2 Å². The zero-order valence-electron chi connectivity index (χ0n) is 9.05. The Hall–Kier alpha value is -0.930. The van der Waals surface area contributed by atoms with Crippen LogP contribution in [-0.2, 0) is 12.3 Å². The normalized spacial score (nSPS) is 10.1. The molecule has 1 aromatic carbocycles. The number of alkyl halides is 1. The number of rotatable bonds is 5. The second-order valence-corrected chi connectivity index (χ2v) is 3.42. The third-order valence-electron chi connectivity index (χ3n) is 2.26. The number of ether oxygens (including phenoxy) is 2. The van der Waals surface area contributed by atoms with Crippen molar-refractivity contribution in [1.29, 1.82) is 0 Å². The Balaban J connectivity index is 3.15. The molecule has 1 aromatic rings. The summed E-state index contributed by atoms with van der Waals surface area (Å²) in [7, 11) is 3.23. The van der Waals surface area contributed by atoms with Gasteiger partial charge in [-0.1, -0.05) is 0 Å². The highest BCUT2D eigenvalue weighted by Gasteiger charge is 2.09. The Morgan fingerprint density at radius 1 is 1.13 bits per heavy atom. The summed E-state index contributed by atoms with van der Waals surface area (Å²) in [5, 5.41) is 0. The predicted octanol–water partition coefficient (Wildman–Crippen LogP) is 1.94. The number of methoxy groups -OCH3 is 2. The first-order chi connectivity index (χ1) is 7.26. The molecule has 1 rings (SSSR count). The molecule has 0 amide bonds. The minimum Gasteiger partial charge on any atom is -0.493 e. The van der Waals surface area contributed by atoms with Crippen molar-refractivity contribution < 1.29 is 9.47 Å². The Kier molecular flexibility index (Phi) is 4.72. The largest absolute Gasteiger partial charge is 0.493 e. The fourth-order valence-electron chi connectivity index (χ4n) is 1.48. The minimum absolute atomic E-state index is 0.454. The van der Waals surface area contributed by atoms with Crippen LogP contribution in [0.2, 0.25) is 0 Å². The molecule has 0 aliphatic rings. The van der Waals surface area contributed by atoms with Crippen LogP contribution in [0.1, 0.15) is 11.1 Å². The van der Waals surface area contributed by atoms with E-state index in [0.29, 0.717) is 18.2 Å². The highest BCUT2D eigenvalue weighted by atomic mass is 35.5. The van der Waals surface area contributed by atoms with Gasteiger partial charge < -0.3 is 15.2 Å². The van der Waals surface area contributed by atoms with Crippen molar-refractivity contribution >= 4 is 11.6 Å². The number of benzene rings is 1. The first-order valence-electron chi connectivity index (χ1n) is 4.76. The lowest BCUT2D eigenvalue weighted by Gasteiger charge is -2.13. The highest BCUT2D eigenvalue weighted by molar-refractivity contribution is 6.17. The van der Waals surface area contributed by atoms with Gasteiger partial charge in [-0.15, -0.1) is 11.6 Å². The summed E-state index contributed by atoms with van der Waals surface area (Å²) >= 11 is 5.86. The second-order valence-electron chi connectivity index (χ2n) is 3.15. The lowest BCUT2D eigenvalue weighted by atomic mass is 10.0. The molecule has 0 bridgehead atoms. The van der Waals surface area contributed by atoms with Crippen molar-refractivity contribution in [3.05, 3.63) is 23.3 Å². The van der Waals surface area contributed by atoms with Crippen LogP contribution in [0.4, 0.5) is 0 Å². The first kappa shape index (κ1) is 12.1. The Bertz CT molecular complexity index is 329. The predicted molar refractivity (Wildman–Crippen MR) is 61.9 cm³/mol. The standard InChI is InChI=1S/C11H16ClNO2/c1-14-10-5-8(3-4-13)9(7-12)6-11(10)15-2/h5-6H,3-4,7,13H2,1-2H3. The SMILES string of the molecule is COc1cc(CCl)c(CCN)cc1OC. The van der Waals surface area contributed by atoms with Gasteiger partial charge in [-0.3, -0.25) is 0 Å². The van der Waals surface area contributed by atoms with Crippen molar-refractivity contribution in [2.75, 3.05) is 20.8 Å². The summed E-state index contributed by atoms with van der Waals surface area (Å²) in [6.07, 6.45) is 0.794. The van der Waals surface area contributed by atoms with Crippen molar-refractivity contribution in [2.24, 2.45) is 5.73 Å². The summed E-state index contributed by atoms with van der Waals surface area (Å²) in [5.41, 5.74) is 7.69. The van der Waals surface area contributed by atoms with Crippen LogP contribution in [0, 0.1) is 0 Å². The zero-order valence-corrected chi connectivity index (χ0v) is 9.80. The van der Waals surface area contributed by atoms with Gasteiger partial charge in [-0.05, 0) is 36.2 Å². The van der Waals surface area contributed by atoms with Gasteiger partial charge in [-0.2, -0.15) is 0 Å². The van der Waals surface area contributed by atoms with Crippen molar-refractivity contribution in [3.8, 4) is 11.5 Å². The van der Waals surface area contributed by atoms with E-state index in [9.17, 15) is 0 Å². The monoisotopic (exact) mass is 229 g/mol. The minimum atomic E-state index is 0.454. The maximum atomic E-state index is 5.86. The fourth-order valence-corrected chi connectivity index (χ4v) is 1.72. The van der Waals surface area contributed by atoms with Gasteiger partial charge in [-0.25, -0.2) is 0 Å². The molecule has 0 aliphatic carbocycles. The van der Waals surface area contributed by atoms with Gasteiger partial charge in [0.1, 0.15) is 0 Å². The number of nitrogens with two attached hydrogens (primary N) is 1. The van der Waals surface area contributed by atoms with Crippen LogP contribution in [-0.4, -0.2) is 20.8 Å². The lowest BCUT2D eigenvalue weighted by molar-refractivity contribution is 0.354.